The molecule has 20 heavy (non-hydrogen) atoms. The van der Waals surface area contributed by atoms with Gasteiger partial charge >= 0.3 is 0 Å². The second kappa shape index (κ2) is 7.05. The molecule has 0 saturated carbocycles. The first-order chi connectivity index (χ1) is 9.72. The first-order valence-electron chi connectivity index (χ1n) is 7.17. The van der Waals surface area contributed by atoms with Crippen LogP contribution in [-0.4, -0.2) is 22.4 Å². The van der Waals surface area contributed by atoms with E-state index in [4.69, 9.17) is 5.73 Å². The number of benzene rings is 1. The van der Waals surface area contributed by atoms with Crippen LogP contribution in [0.3, 0.4) is 0 Å². The number of rotatable bonds is 7. The molecule has 0 aliphatic carbocycles. The lowest BCUT2D eigenvalue weighted by atomic mass is 9.96. The molecule has 0 spiro atoms. The quantitative estimate of drug-likeness (QED) is 0.725. The second-order valence-corrected chi connectivity index (χ2v) is 5.04. The van der Waals surface area contributed by atoms with Crippen molar-refractivity contribution in [1.29, 1.82) is 0 Å². The molecule has 0 radical (unpaired) electrons. The molecule has 1 aromatic heterocycles. The van der Waals surface area contributed by atoms with Gasteiger partial charge in [0.25, 0.3) is 0 Å². The number of nitrogens with two attached hydrogens (primary N) is 1. The molecule has 5 nitrogen and oxygen atoms in total. The van der Waals surface area contributed by atoms with Crippen molar-refractivity contribution >= 4 is 22.9 Å². The number of aromatic nitrogens is 2. The highest BCUT2D eigenvalue weighted by molar-refractivity contribution is 5.90. The second-order valence-electron chi connectivity index (χ2n) is 5.04. The first-order valence-corrected chi connectivity index (χ1v) is 7.17. The van der Waals surface area contributed by atoms with Crippen LogP contribution in [0.1, 0.15) is 32.6 Å². The fourth-order valence-electron chi connectivity index (χ4n) is 2.33. The standard InChI is InChI=1S/C15H22N4O/c1-2-11(9-10-16)7-8-14(20)19-15-17-12-5-3-4-6-13(12)18-15/h3-6,11H,2,7-10,16H2,1H3,(H2,17,18,19,20). The van der Waals surface area contributed by atoms with Crippen molar-refractivity contribution in [2.75, 3.05) is 11.9 Å². The summed E-state index contributed by atoms with van der Waals surface area (Å²) in [6.45, 7) is 2.82. The summed E-state index contributed by atoms with van der Waals surface area (Å²) in [6, 6.07) is 7.71. The molecular weight excluding hydrogens is 252 g/mol. The van der Waals surface area contributed by atoms with Gasteiger partial charge in [-0.1, -0.05) is 25.5 Å². The molecule has 0 fully saturated rings. The van der Waals surface area contributed by atoms with E-state index in [9.17, 15) is 4.79 Å². The van der Waals surface area contributed by atoms with E-state index in [1.54, 1.807) is 0 Å². The van der Waals surface area contributed by atoms with Crippen LogP contribution in [0, 0.1) is 5.92 Å². The van der Waals surface area contributed by atoms with Gasteiger partial charge in [0, 0.05) is 6.42 Å². The summed E-state index contributed by atoms with van der Waals surface area (Å²) in [5.41, 5.74) is 7.35. The molecule has 1 atom stereocenters. The molecule has 5 heteroatoms. The molecular formula is C15H22N4O. The summed E-state index contributed by atoms with van der Waals surface area (Å²) in [5.74, 6) is 1.05. The van der Waals surface area contributed by atoms with Crippen LogP contribution in [0.15, 0.2) is 24.3 Å². The van der Waals surface area contributed by atoms with E-state index in [0.717, 1.165) is 30.3 Å². The van der Waals surface area contributed by atoms with E-state index in [2.05, 4.69) is 22.2 Å². The molecule has 1 heterocycles. The summed E-state index contributed by atoms with van der Waals surface area (Å²) in [4.78, 5) is 19.3. The van der Waals surface area contributed by atoms with Gasteiger partial charge in [0.05, 0.1) is 11.0 Å². The Morgan fingerprint density at radius 1 is 1.40 bits per heavy atom. The van der Waals surface area contributed by atoms with Crippen molar-refractivity contribution in [3.63, 3.8) is 0 Å². The number of para-hydroxylation sites is 2. The maximum absolute atomic E-state index is 11.9. The Kier molecular flexibility index (Phi) is 5.12. The summed E-state index contributed by atoms with van der Waals surface area (Å²) < 4.78 is 0. The van der Waals surface area contributed by atoms with Crippen LogP contribution in [0.2, 0.25) is 0 Å². The predicted molar refractivity (Wildman–Crippen MR) is 81.4 cm³/mol. The van der Waals surface area contributed by atoms with Gasteiger partial charge in [0.2, 0.25) is 11.9 Å². The Morgan fingerprint density at radius 2 is 2.20 bits per heavy atom. The van der Waals surface area contributed by atoms with Crippen molar-refractivity contribution in [1.82, 2.24) is 9.97 Å². The molecule has 1 unspecified atom stereocenters. The molecule has 0 aliphatic heterocycles. The van der Waals surface area contributed by atoms with Crippen LogP contribution in [-0.2, 0) is 4.79 Å². The molecule has 0 saturated heterocycles. The Balaban J connectivity index is 1.87. The topological polar surface area (TPSA) is 83.8 Å². The van der Waals surface area contributed by atoms with Gasteiger partial charge in [0.1, 0.15) is 0 Å². The Labute approximate surface area is 119 Å². The molecule has 0 aliphatic rings. The molecule has 108 valence electrons. The monoisotopic (exact) mass is 274 g/mol. The fraction of sp³-hybridized carbons (Fsp3) is 0.467. The minimum Gasteiger partial charge on any atom is -0.330 e. The molecule has 0 bridgehead atoms. The van der Waals surface area contributed by atoms with Crippen molar-refractivity contribution in [3.8, 4) is 0 Å². The number of carbonyl (C=O) groups excluding carboxylic acids is 1. The zero-order valence-electron chi connectivity index (χ0n) is 11.9. The molecule has 1 amide bonds. The number of hydrogen-bond acceptors (Lipinski definition) is 3. The minimum absolute atomic E-state index is 0.000437. The van der Waals surface area contributed by atoms with Crippen LogP contribution in [0.5, 0.6) is 0 Å². The fourth-order valence-corrected chi connectivity index (χ4v) is 2.33. The molecule has 2 rings (SSSR count). The number of aromatic amines is 1. The van der Waals surface area contributed by atoms with Crippen LogP contribution in [0.4, 0.5) is 5.95 Å². The Bertz CT molecular complexity index is 531. The first kappa shape index (κ1) is 14.5. The van der Waals surface area contributed by atoms with Gasteiger partial charge in [-0.25, -0.2) is 4.98 Å². The summed E-state index contributed by atoms with van der Waals surface area (Å²) in [6.07, 6.45) is 3.43. The van der Waals surface area contributed by atoms with Crippen molar-refractivity contribution in [3.05, 3.63) is 24.3 Å². The number of hydrogen-bond donors (Lipinski definition) is 3. The number of imidazole rings is 1. The van der Waals surface area contributed by atoms with E-state index >= 15 is 0 Å². The number of H-pyrrole nitrogens is 1. The maximum Gasteiger partial charge on any atom is 0.226 e. The normalized spacial score (nSPS) is 12.5. The zero-order valence-corrected chi connectivity index (χ0v) is 11.9. The highest BCUT2D eigenvalue weighted by Gasteiger charge is 2.10. The maximum atomic E-state index is 11.9. The number of nitrogens with zero attached hydrogens (tertiary/aromatic N) is 1. The van der Waals surface area contributed by atoms with Gasteiger partial charge < -0.3 is 10.7 Å². The van der Waals surface area contributed by atoms with Gasteiger partial charge in [0.15, 0.2) is 0 Å². The van der Waals surface area contributed by atoms with E-state index in [1.807, 2.05) is 24.3 Å². The molecule has 1 aromatic carbocycles. The minimum atomic E-state index is -0.000437. The van der Waals surface area contributed by atoms with Crippen molar-refractivity contribution < 1.29 is 4.79 Å². The summed E-state index contributed by atoms with van der Waals surface area (Å²) >= 11 is 0. The van der Waals surface area contributed by atoms with E-state index in [-0.39, 0.29) is 5.91 Å². The lowest BCUT2D eigenvalue weighted by Gasteiger charge is -2.12. The lowest BCUT2D eigenvalue weighted by Crippen LogP contribution is -2.15. The number of amides is 1. The third-order valence-electron chi connectivity index (χ3n) is 3.58. The smallest absolute Gasteiger partial charge is 0.226 e. The number of anilines is 1. The largest absolute Gasteiger partial charge is 0.330 e. The van der Waals surface area contributed by atoms with Crippen molar-refractivity contribution in [2.45, 2.75) is 32.6 Å². The zero-order chi connectivity index (χ0) is 14.4. The van der Waals surface area contributed by atoms with E-state index < -0.39 is 0 Å². The molecule has 4 N–H and O–H groups in total. The lowest BCUT2D eigenvalue weighted by molar-refractivity contribution is -0.116. The van der Waals surface area contributed by atoms with Gasteiger partial charge in [-0.05, 0) is 37.4 Å². The number of nitrogens with one attached hydrogen (secondary N) is 2. The van der Waals surface area contributed by atoms with Gasteiger partial charge in [-0.15, -0.1) is 0 Å². The Morgan fingerprint density at radius 3 is 2.90 bits per heavy atom. The van der Waals surface area contributed by atoms with Crippen LogP contribution in [0.25, 0.3) is 11.0 Å². The summed E-state index contributed by atoms with van der Waals surface area (Å²) in [7, 11) is 0. The van der Waals surface area contributed by atoms with Gasteiger partial charge in [-0.2, -0.15) is 0 Å². The molecule has 2 aromatic rings. The third kappa shape index (κ3) is 3.81. The van der Waals surface area contributed by atoms with Crippen LogP contribution >= 0.6 is 0 Å². The summed E-state index contributed by atoms with van der Waals surface area (Å²) in [5, 5.41) is 2.82. The number of carbonyl (C=O) groups is 1. The van der Waals surface area contributed by atoms with Gasteiger partial charge in [-0.3, -0.25) is 10.1 Å². The Hall–Kier alpha value is -1.88. The average molecular weight is 274 g/mol. The highest BCUT2D eigenvalue weighted by atomic mass is 16.1. The number of fused-ring (bicyclic) bond motifs is 1. The predicted octanol–water partition coefficient (Wildman–Crippen LogP) is 2.66. The third-order valence-corrected chi connectivity index (χ3v) is 3.58. The SMILES string of the molecule is CCC(CCN)CCC(=O)Nc1nc2ccccc2[nH]1. The van der Waals surface area contributed by atoms with E-state index in [1.165, 1.54) is 0 Å². The van der Waals surface area contributed by atoms with Crippen LogP contribution < -0.4 is 11.1 Å². The highest BCUT2D eigenvalue weighted by Crippen LogP contribution is 2.16. The van der Waals surface area contributed by atoms with E-state index in [0.29, 0.717) is 24.8 Å². The van der Waals surface area contributed by atoms with Crippen molar-refractivity contribution in [2.24, 2.45) is 11.7 Å². The average Bonchev–Trinajstić information content (AvgIpc) is 2.85.